The normalized spacial score (nSPS) is 19.3. The maximum Gasteiger partial charge on any atom is 0.0234 e. The highest BCUT2D eigenvalue weighted by molar-refractivity contribution is 5.30. The minimum atomic E-state index is 1.02. The fourth-order valence-corrected chi connectivity index (χ4v) is 4.02. The Morgan fingerprint density at radius 3 is 1.22 bits per heavy atom. The van der Waals surface area contributed by atoms with Gasteiger partial charge in [-0.25, -0.2) is 0 Å². The van der Waals surface area contributed by atoms with Gasteiger partial charge < -0.3 is 10.6 Å². The van der Waals surface area contributed by atoms with Crippen LogP contribution in [0.1, 0.15) is 22.3 Å². The van der Waals surface area contributed by atoms with E-state index in [2.05, 4.69) is 69.0 Å². The molecule has 2 fully saturated rings. The smallest absolute Gasteiger partial charge is 0.0234 e. The average molecular weight is 365 g/mol. The number of benzene rings is 2. The lowest BCUT2D eigenvalue weighted by atomic mass is 10.0. The summed E-state index contributed by atoms with van der Waals surface area (Å²) < 4.78 is 0. The van der Waals surface area contributed by atoms with Crippen LogP contribution in [0.4, 0.5) is 0 Å². The van der Waals surface area contributed by atoms with Gasteiger partial charge in [0.1, 0.15) is 0 Å². The van der Waals surface area contributed by atoms with Crippen LogP contribution in [0.15, 0.2) is 48.5 Å². The van der Waals surface area contributed by atoms with Crippen molar-refractivity contribution in [3.8, 4) is 0 Å². The molecule has 2 aliphatic rings. The molecule has 2 heterocycles. The predicted molar refractivity (Wildman–Crippen MR) is 112 cm³/mol. The van der Waals surface area contributed by atoms with E-state index in [1.165, 1.54) is 22.3 Å². The van der Waals surface area contributed by atoms with Crippen molar-refractivity contribution in [1.29, 1.82) is 0 Å². The van der Waals surface area contributed by atoms with Crippen molar-refractivity contribution in [3.63, 3.8) is 0 Å². The zero-order valence-electron chi connectivity index (χ0n) is 16.3. The number of piperazine rings is 2. The monoisotopic (exact) mass is 364 g/mol. The quantitative estimate of drug-likeness (QED) is 0.822. The molecule has 0 aliphatic carbocycles. The van der Waals surface area contributed by atoms with E-state index in [0.717, 1.165) is 71.9 Å². The third-order valence-corrected chi connectivity index (χ3v) is 5.69. The molecule has 0 bridgehead atoms. The summed E-state index contributed by atoms with van der Waals surface area (Å²) in [6.45, 7) is 11.2. The molecule has 0 amide bonds. The zero-order chi connectivity index (χ0) is 18.3. The van der Waals surface area contributed by atoms with Gasteiger partial charge in [-0.15, -0.1) is 0 Å². The van der Waals surface area contributed by atoms with Gasteiger partial charge in [-0.2, -0.15) is 0 Å². The second kappa shape index (κ2) is 9.47. The van der Waals surface area contributed by atoms with Crippen molar-refractivity contribution in [1.82, 2.24) is 20.4 Å². The van der Waals surface area contributed by atoms with Crippen molar-refractivity contribution in [2.45, 2.75) is 19.5 Å². The Morgan fingerprint density at radius 2 is 0.852 bits per heavy atom. The van der Waals surface area contributed by atoms with E-state index >= 15 is 0 Å². The molecule has 4 heteroatoms. The molecule has 4 rings (SSSR count). The third kappa shape index (κ3) is 5.63. The van der Waals surface area contributed by atoms with Gasteiger partial charge in [0.05, 0.1) is 0 Å². The first kappa shape index (κ1) is 18.6. The van der Waals surface area contributed by atoms with Crippen molar-refractivity contribution in [2.75, 3.05) is 52.4 Å². The minimum absolute atomic E-state index is 1.02. The maximum atomic E-state index is 3.42. The largest absolute Gasteiger partial charge is 0.314 e. The van der Waals surface area contributed by atoms with Gasteiger partial charge in [0.25, 0.3) is 0 Å². The molecule has 0 saturated carbocycles. The lowest BCUT2D eigenvalue weighted by Gasteiger charge is -2.27. The molecule has 0 unspecified atom stereocenters. The van der Waals surface area contributed by atoms with Crippen LogP contribution in [0.3, 0.4) is 0 Å². The Hall–Kier alpha value is -1.72. The highest BCUT2D eigenvalue weighted by Crippen LogP contribution is 2.14. The van der Waals surface area contributed by atoms with E-state index < -0.39 is 0 Å². The van der Waals surface area contributed by atoms with Gasteiger partial charge in [0, 0.05) is 65.4 Å². The molecule has 0 radical (unpaired) electrons. The molecule has 2 N–H and O–H groups in total. The van der Waals surface area contributed by atoms with Crippen LogP contribution >= 0.6 is 0 Å². The second-order valence-electron chi connectivity index (χ2n) is 7.86. The summed E-state index contributed by atoms with van der Waals surface area (Å²) in [5, 5.41) is 6.83. The highest BCUT2D eigenvalue weighted by atomic mass is 15.2. The lowest BCUT2D eigenvalue weighted by Crippen LogP contribution is -2.42. The number of nitrogens with one attached hydrogen (secondary N) is 2. The van der Waals surface area contributed by atoms with Gasteiger partial charge in [0.15, 0.2) is 0 Å². The van der Waals surface area contributed by atoms with Crippen LogP contribution in [0.2, 0.25) is 0 Å². The molecule has 0 spiro atoms. The second-order valence-corrected chi connectivity index (χ2v) is 7.86. The van der Waals surface area contributed by atoms with E-state index in [9.17, 15) is 0 Å². The molecule has 4 nitrogen and oxygen atoms in total. The highest BCUT2D eigenvalue weighted by Gasteiger charge is 2.11. The first-order valence-electron chi connectivity index (χ1n) is 10.4. The standard InChI is InChI=1S/C23H32N4/c1-5-22(18-26-13-9-24-10-14-26)6-2-20(1)17-21-3-7-23(8-4-21)19-27-15-11-25-12-16-27/h1-8,24-25H,9-19H2. The van der Waals surface area contributed by atoms with E-state index in [0.29, 0.717) is 0 Å². The minimum Gasteiger partial charge on any atom is -0.314 e. The number of nitrogens with zero attached hydrogens (tertiary/aromatic N) is 2. The third-order valence-electron chi connectivity index (χ3n) is 5.69. The summed E-state index contributed by atoms with van der Waals surface area (Å²) in [5.41, 5.74) is 5.64. The SMILES string of the molecule is c1cc(CN2CCNCC2)ccc1Cc1ccc(CN2CCNCC2)cc1. The Morgan fingerprint density at radius 1 is 0.519 bits per heavy atom. The van der Waals surface area contributed by atoms with Gasteiger partial charge in [-0.05, 0) is 28.7 Å². The van der Waals surface area contributed by atoms with Crippen molar-refractivity contribution < 1.29 is 0 Å². The Labute approximate surface area is 163 Å². The molecule has 0 aromatic heterocycles. The van der Waals surface area contributed by atoms with Crippen molar-refractivity contribution in [3.05, 3.63) is 70.8 Å². The summed E-state index contributed by atoms with van der Waals surface area (Å²) in [5.74, 6) is 0. The summed E-state index contributed by atoms with van der Waals surface area (Å²) >= 11 is 0. The number of hydrogen-bond donors (Lipinski definition) is 2. The Balaban J connectivity index is 1.29. The Bertz CT molecular complexity index is 622. The number of rotatable bonds is 6. The summed E-state index contributed by atoms with van der Waals surface area (Å²) in [6.07, 6.45) is 1.02. The van der Waals surface area contributed by atoms with Gasteiger partial charge in [-0.3, -0.25) is 9.80 Å². The van der Waals surface area contributed by atoms with E-state index in [-0.39, 0.29) is 0 Å². The first-order chi connectivity index (χ1) is 13.3. The first-order valence-corrected chi connectivity index (χ1v) is 10.4. The fourth-order valence-electron chi connectivity index (χ4n) is 4.02. The van der Waals surface area contributed by atoms with Gasteiger partial charge >= 0.3 is 0 Å². The van der Waals surface area contributed by atoms with Gasteiger partial charge in [0.2, 0.25) is 0 Å². The molecule has 2 aromatic carbocycles. The fraction of sp³-hybridized carbons (Fsp3) is 0.478. The van der Waals surface area contributed by atoms with Gasteiger partial charge in [-0.1, -0.05) is 48.5 Å². The van der Waals surface area contributed by atoms with Crippen LogP contribution < -0.4 is 10.6 Å². The molecular weight excluding hydrogens is 332 g/mol. The predicted octanol–water partition coefficient (Wildman–Crippen LogP) is 2.09. The number of hydrogen-bond acceptors (Lipinski definition) is 4. The van der Waals surface area contributed by atoms with Crippen molar-refractivity contribution >= 4 is 0 Å². The van der Waals surface area contributed by atoms with E-state index in [1.807, 2.05) is 0 Å². The van der Waals surface area contributed by atoms with Crippen LogP contribution in [-0.2, 0) is 19.5 Å². The molecule has 0 atom stereocenters. The zero-order valence-corrected chi connectivity index (χ0v) is 16.3. The van der Waals surface area contributed by atoms with E-state index in [1.54, 1.807) is 0 Å². The maximum absolute atomic E-state index is 3.42. The van der Waals surface area contributed by atoms with Crippen LogP contribution in [0.25, 0.3) is 0 Å². The van der Waals surface area contributed by atoms with Crippen molar-refractivity contribution in [2.24, 2.45) is 0 Å². The van der Waals surface area contributed by atoms with Crippen LogP contribution in [0.5, 0.6) is 0 Å². The summed E-state index contributed by atoms with van der Waals surface area (Å²) in [4.78, 5) is 5.06. The molecule has 2 aliphatic heterocycles. The molecular formula is C23H32N4. The molecule has 2 aromatic rings. The lowest BCUT2D eigenvalue weighted by molar-refractivity contribution is 0.233. The average Bonchev–Trinajstić information content (AvgIpc) is 2.73. The molecule has 144 valence electrons. The van der Waals surface area contributed by atoms with Crippen LogP contribution in [0, 0.1) is 0 Å². The summed E-state index contributed by atoms with van der Waals surface area (Å²) in [6, 6.07) is 18.4. The molecule has 27 heavy (non-hydrogen) atoms. The summed E-state index contributed by atoms with van der Waals surface area (Å²) in [7, 11) is 0. The topological polar surface area (TPSA) is 30.5 Å². The van der Waals surface area contributed by atoms with E-state index in [4.69, 9.17) is 0 Å². The molecule has 2 saturated heterocycles. The Kier molecular flexibility index (Phi) is 6.53. The van der Waals surface area contributed by atoms with Crippen LogP contribution in [-0.4, -0.2) is 62.2 Å².